The van der Waals surface area contributed by atoms with Gasteiger partial charge in [0.2, 0.25) is 0 Å². The Morgan fingerprint density at radius 1 is 1.16 bits per heavy atom. The van der Waals surface area contributed by atoms with Crippen LogP contribution in [0.25, 0.3) is 5.69 Å². The van der Waals surface area contributed by atoms with Gasteiger partial charge in [-0.15, -0.1) is 11.8 Å². The van der Waals surface area contributed by atoms with E-state index in [0.29, 0.717) is 12.1 Å². The van der Waals surface area contributed by atoms with E-state index in [1.54, 1.807) is 16.4 Å². The van der Waals surface area contributed by atoms with E-state index >= 15 is 0 Å². The van der Waals surface area contributed by atoms with Gasteiger partial charge in [0, 0.05) is 28.3 Å². The number of aryl methyl sites for hydroxylation is 3. The normalized spacial score (nSPS) is 12.7. The van der Waals surface area contributed by atoms with Gasteiger partial charge in [-0.2, -0.15) is 18.3 Å². The molecule has 4 nitrogen and oxygen atoms in total. The number of rotatable bonds is 7. The van der Waals surface area contributed by atoms with Crippen molar-refractivity contribution < 1.29 is 23.1 Å². The van der Waals surface area contributed by atoms with Gasteiger partial charge in [0.15, 0.2) is 0 Å². The first-order valence-electron chi connectivity index (χ1n) is 9.76. The van der Waals surface area contributed by atoms with Crippen LogP contribution >= 0.6 is 11.8 Å². The van der Waals surface area contributed by atoms with Crippen molar-refractivity contribution >= 4 is 17.7 Å². The number of halogens is 3. The zero-order valence-corrected chi connectivity index (χ0v) is 18.2. The van der Waals surface area contributed by atoms with Crippen LogP contribution in [0.15, 0.2) is 53.6 Å². The van der Waals surface area contributed by atoms with Gasteiger partial charge in [0.1, 0.15) is 0 Å². The second-order valence-electron chi connectivity index (χ2n) is 7.40. The number of nitrogens with zero attached hydrogens (tertiary/aromatic N) is 2. The van der Waals surface area contributed by atoms with Gasteiger partial charge in [-0.3, -0.25) is 4.79 Å². The average Bonchev–Trinajstić information content (AvgIpc) is 3.08. The molecule has 31 heavy (non-hydrogen) atoms. The number of carboxylic acid groups (broad SMARTS) is 1. The summed E-state index contributed by atoms with van der Waals surface area (Å²) < 4.78 is 39.9. The maximum absolute atomic E-state index is 12.8. The zero-order valence-electron chi connectivity index (χ0n) is 17.4. The lowest BCUT2D eigenvalue weighted by Gasteiger charge is -2.12. The summed E-state index contributed by atoms with van der Waals surface area (Å²) in [5, 5.41) is 13.4. The second-order valence-corrected chi connectivity index (χ2v) is 8.82. The molecule has 1 N–H and O–H groups in total. The van der Waals surface area contributed by atoms with Crippen molar-refractivity contribution in [2.24, 2.45) is 0 Å². The zero-order chi connectivity index (χ0) is 22.8. The molecule has 0 aliphatic carbocycles. The van der Waals surface area contributed by atoms with Crippen LogP contribution in [0.2, 0.25) is 0 Å². The maximum Gasteiger partial charge on any atom is 0.416 e. The van der Waals surface area contributed by atoms with Gasteiger partial charge >= 0.3 is 12.1 Å². The molecule has 0 saturated heterocycles. The van der Waals surface area contributed by atoms with Gasteiger partial charge < -0.3 is 5.11 Å². The molecule has 0 aliphatic rings. The van der Waals surface area contributed by atoms with Crippen LogP contribution in [0.3, 0.4) is 0 Å². The second kappa shape index (κ2) is 9.18. The Balaban J connectivity index is 1.74. The summed E-state index contributed by atoms with van der Waals surface area (Å²) >= 11 is 1.65. The van der Waals surface area contributed by atoms with Crippen molar-refractivity contribution in [3.05, 3.63) is 76.6 Å². The minimum absolute atomic E-state index is 0.0764. The quantitative estimate of drug-likeness (QED) is 0.426. The van der Waals surface area contributed by atoms with Crippen molar-refractivity contribution in [2.75, 3.05) is 0 Å². The molecule has 0 saturated carbocycles. The summed E-state index contributed by atoms with van der Waals surface area (Å²) in [4.78, 5) is 11.8. The molecule has 0 bridgehead atoms. The molecule has 164 valence electrons. The third-order valence-electron chi connectivity index (χ3n) is 5.07. The minimum atomic E-state index is -4.36. The fourth-order valence-electron chi connectivity index (χ4n) is 3.34. The number of hydrogen-bond donors (Lipinski definition) is 1. The highest BCUT2D eigenvalue weighted by molar-refractivity contribution is 7.99. The number of benzene rings is 2. The number of hydrogen-bond acceptors (Lipinski definition) is 3. The standard InChI is InChI=1S/C23H23F3N2O2S/c1-14-12-20(10-4-17(14)5-11-22(29)30)31-16(3)21-13-28(27-15(21)2)19-8-6-18(7-9-19)23(24,25)26/h4,6-10,12-13,16H,5,11H2,1-3H3,(H,29,30). The highest BCUT2D eigenvalue weighted by atomic mass is 32.2. The van der Waals surface area contributed by atoms with Crippen molar-refractivity contribution in [2.45, 2.75) is 49.9 Å². The first-order chi connectivity index (χ1) is 14.5. The monoisotopic (exact) mass is 448 g/mol. The van der Waals surface area contributed by atoms with E-state index in [9.17, 15) is 18.0 Å². The van der Waals surface area contributed by atoms with E-state index in [2.05, 4.69) is 12.0 Å². The van der Waals surface area contributed by atoms with E-state index in [4.69, 9.17) is 5.11 Å². The number of thioether (sulfide) groups is 1. The molecule has 3 aromatic rings. The molecule has 1 heterocycles. The SMILES string of the molecule is Cc1cc(SC(C)c2cn(-c3ccc(C(F)(F)F)cc3)nc2C)ccc1CCC(=O)O. The lowest BCUT2D eigenvalue weighted by atomic mass is 10.0. The first kappa shape index (κ1) is 22.9. The van der Waals surface area contributed by atoms with Crippen molar-refractivity contribution in [3.63, 3.8) is 0 Å². The van der Waals surface area contributed by atoms with Gasteiger partial charge in [0.25, 0.3) is 0 Å². The summed E-state index contributed by atoms with van der Waals surface area (Å²) in [6.45, 7) is 5.91. The van der Waals surface area contributed by atoms with E-state index in [-0.39, 0.29) is 11.7 Å². The molecule has 1 unspecified atom stereocenters. The van der Waals surface area contributed by atoms with E-state index in [1.807, 2.05) is 38.2 Å². The third-order valence-corrected chi connectivity index (χ3v) is 6.20. The Morgan fingerprint density at radius 2 is 1.84 bits per heavy atom. The molecule has 0 aliphatic heterocycles. The summed E-state index contributed by atoms with van der Waals surface area (Å²) in [5.41, 5.74) is 3.76. The Labute approximate surface area is 183 Å². The number of carbonyl (C=O) groups is 1. The number of carboxylic acids is 1. The Morgan fingerprint density at radius 3 is 2.42 bits per heavy atom. The number of aliphatic carboxylic acids is 1. The van der Waals surface area contributed by atoms with E-state index in [1.165, 1.54) is 12.1 Å². The van der Waals surface area contributed by atoms with Gasteiger partial charge in [-0.1, -0.05) is 6.07 Å². The predicted molar refractivity (Wildman–Crippen MR) is 115 cm³/mol. The molecular formula is C23H23F3N2O2S. The smallest absolute Gasteiger partial charge is 0.416 e. The Hall–Kier alpha value is -2.74. The lowest BCUT2D eigenvalue weighted by molar-refractivity contribution is -0.138. The molecule has 0 radical (unpaired) electrons. The first-order valence-corrected chi connectivity index (χ1v) is 10.6. The van der Waals surface area contributed by atoms with Crippen LogP contribution in [-0.2, 0) is 17.4 Å². The molecule has 0 fully saturated rings. The molecule has 0 spiro atoms. The topological polar surface area (TPSA) is 55.1 Å². The maximum atomic E-state index is 12.8. The predicted octanol–water partition coefficient (Wildman–Crippen LogP) is 6.38. The molecule has 1 aromatic heterocycles. The Bertz CT molecular complexity index is 1080. The summed E-state index contributed by atoms with van der Waals surface area (Å²) in [7, 11) is 0. The van der Waals surface area contributed by atoms with Crippen LogP contribution in [0.5, 0.6) is 0 Å². The minimum Gasteiger partial charge on any atom is -0.481 e. The van der Waals surface area contributed by atoms with Crippen LogP contribution < -0.4 is 0 Å². The number of alkyl halides is 3. The molecule has 1 atom stereocenters. The van der Waals surface area contributed by atoms with Crippen LogP contribution in [0.4, 0.5) is 13.2 Å². The largest absolute Gasteiger partial charge is 0.481 e. The lowest BCUT2D eigenvalue weighted by Crippen LogP contribution is -2.05. The third kappa shape index (κ3) is 5.70. The van der Waals surface area contributed by atoms with Crippen LogP contribution in [-0.4, -0.2) is 20.9 Å². The highest BCUT2D eigenvalue weighted by Gasteiger charge is 2.30. The summed E-state index contributed by atoms with van der Waals surface area (Å²) in [6.07, 6.45) is -1.91. The molecule has 8 heteroatoms. The molecular weight excluding hydrogens is 425 g/mol. The fraction of sp³-hybridized carbons (Fsp3) is 0.304. The fourth-order valence-corrected chi connectivity index (χ4v) is 4.50. The summed E-state index contributed by atoms with van der Waals surface area (Å²) in [5.74, 6) is -0.813. The van der Waals surface area contributed by atoms with E-state index < -0.39 is 17.7 Å². The number of aromatic nitrogens is 2. The average molecular weight is 449 g/mol. The van der Waals surface area contributed by atoms with Gasteiger partial charge in [-0.25, -0.2) is 4.68 Å². The summed E-state index contributed by atoms with van der Waals surface area (Å²) in [6, 6.07) is 10.9. The molecule has 0 amide bonds. The molecule has 3 rings (SSSR count). The van der Waals surface area contributed by atoms with Crippen LogP contribution in [0.1, 0.15) is 46.5 Å². The van der Waals surface area contributed by atoms with E-state index in [0.717, 1.165) is 39.4 Å². The molecule has 2 aromatic carbocycles. The van der Waals surface area contributed by atoms with Crippen molar-refractivity contribution in [1.29, 1.82) is 0 Å². The van der Waals surface area contributed by atoms with Crippen LogP contribution in [0, 0.1) is 13.8 Å². The van der Waals surface area contributed by atoms with Gasteiger partial charge in [-0.05, 0) is 74.7 Å². The Kier molecular flexibility index (Phi) is 6.79. The van der Waals surface area contributed by atoms with Crippen molar-refractivity contribution in [3.8, 4) is 5.69 Å². The van der Waals surface area contributed by atoms with Gasteiger partial charge in [0.05, 0.1) is 16.9 Å². The highest BCUT2D eigenvalue weighted by Crippen LogP contribution is 2.37. The van der Waals surface area contributed by atoms with Crippen molar-refractivity contribution in [1.82, 2.24) is 9.78 Å².